The summed E-state index contributed by atoms with van der Waals surface area (Å²) in [4.78, 5) is 16.2. The number of methoxy groups -OCH3 is 2. The van der Waals surface area contributed by atoms with Gasteiger partial charge in [0.25, 0.3) is 0 Å². The minimum atomic E-state index is -4.49. The van der Waals surface area contributed by atoms with E-state index >= 15 is 0 Å². The van der Waals surface area contributed by atoms with Crippen LogP contribution in [0.25, 0.3) is 21.7 Å². The van der Waals surface area contributed by atoms with Crippen molar-refractivity contribution in [1.29, 1.82) is 0 Å². The van der Waals surface area contributed by atoms with Gasteiger partial charge in [0.1, 0.15) is 5.75 Å². The van der Waals surface area contributed by atoms with Gasteiger partial charge in [0.05, 0.1) is 30.6 Å². The van der Waals surface area contributed by atoms with Crippen LogP contribution in [0.4, 0.5) is 13.2 Å². The first-order valence-corrected chi connectivity index (χ1v) is 10.9. The monoisotopic (exact) mass is 523 g/mol. The van der Waals surface area contributed by atoms with Crippen molar-refractivity contribution in [2.75, 3.05) is 14.2 Å². The van der Waals surface area contributed by atoms with Gasteiger partial charge in [-0.3, -0.25) is 4.98 Å². The zero-order valence-corrected chi connectivity index (χ0v) is 22.2. The van der Waals surface area contributed by atoms with Crippen molar-refractivity contribution in [1.82, 2.24) is 4.98 Å². The van der Waals surface area contributed by atoms with Gasteiger partial charge in [-0.2, -0.15) is 13.2 Å². The van der Waals surface area contributed by atoms with Crippen LogP contribution in [0.1, 0.15) is 16.0 Å². The van der Waals surface area contributed by atoms with E-state index in [4.69, 9.17) is 14.2 Å². The molecule has 0 fully saturated rings. The summed E-state index contributed by atoms with van der Waals surface area (Å²) in [6, 6.07) is 10.6. The number of carbonyl (C=O) groups is 1. The van der Waals surface area contributed by atoms with Crippen LogP contribution in [0.15, 0.2) is 60.9 Å². The molecule has 0 atom stereocenters. The van der Waals surface area contributed by atoms with E-state index in [0.717, 1.165) is 12.1 Å². The van der Waals surface area contributed by atoms with Crippen LogP contribution < -0.4 is 48.9 Å². The molecule has 0 saturated heterocycles. The third-order valence-corrected chi connectivity index (χ3v) is 6.14. The molecule has 0 saturated carbocycles. The minimum absolute atomic E-state index is 0. The standard InChI is InChI=1S/C25H18F3NO5S.Na/c1-32-19-11-18-21(13-20(19)33-2)35-22(12-17(24(30)31)14-7-9-29-10-8-14)23(18)34-16-5-3-15(4-6-16)25(26,27)28;/h3-13H,1-2H3,(H,30,31);/q;+1/p-1/b17-12+;. The SMILES string of the molecule is COc1cc2sc(/C=C(/C(=O)[O-])c3ccncc3)c(Oc3ccc(C(F)(F)F)cc3)c2cc1OC.[Na+]. The van der Waals surface area contributed by atoms with Gasteiger partial charge in [-0.1, -0.05) is 0 Å². The van der Waals surface area contributed by atoms with E-state index in [1.807, 2.05) is 0 Å². The molecular weight excluding hydrogens is 506 g/mol. The number of hydrogen-bond acceptors (Lipinski definition) is 7. The first-order chi connectivity index (χ1) is 16.7. The molecule has 0 N–H and O–H groups in total. The maximum atomic E-state index is 13.0. The number of rotatable bonds is 7. The molecule has 4 rings (SSSR count). The third-order valence-electron chi connectivity index (χ3n) is 5.06. The number of alkyl halides is 3. The molecule has 2 aromatic carbocycles. The Labute approximate surface area is 230 Å². The fraction of sp³-hybridized carbons (Fsp3) is 0.120. The number of fused-ring (bicyclic) bond motifs is 1. The number of nitrogens with zero attached hydrogens (tertiary/aromatic N) is 1. The van der Waals surface area contributed by atoms with Crippen molar-refractivity contribution in [2.24, 2.45) is 0 Å². The molecule has 0 aliphatic rings. The van der Waals surface area contributed by atoms with Gasteiger partial charge in [-0.15, -0.1) is 11.3 Å². The summed E-state index contributed by atoms with van der Waals surface area (Å²) >= 11 is 1.22. The second-order valence-electron chi connectivity index (χ2n) is 7.20. The number of aliphatic carboxylic acids is 1. The summed E-state index contributed by atoms with van der Waals surface area (Å²) in [6.07, 6.45) is -0.189. The van der Waals surface area contributed by atoms with E-state index in [2.05, 4.69) is 4.98 Å². The largest absolute Gasteiger partial charge is 1.00 e. The Morgan fingerprint density at radius 2 is 1.61 bits per heavy atom. The first-order valence-electron chi connectivity index (χ1n) is 10.1. The summed E-state index contributed by atoms with van der Waals surface area (Å²) in [5, 5.41) is 12.5. The van der Waals surface area contributed by atoms with Crippen LogP contribution in [0.2, 0.25) is 0 Å². The van der Waals surface area contributed by atoms with Gasteiger partial charge in [0.2, 0.25) is 0 Å². The number of pyridine rings is 1. The summed E-state index contributed by atoms with van der Waals surface area (Å²) < 4.78 is 56.3. The van der Waals surface area contributed by atoms with Crippen molar-refractivity contribution in [3.8, 4) is 23.0 Å². The summed E-state index contributed by atoms with van der Waals surface area (Å²) in [7, 11) is 2.94. The molecule has 0 aliphatic carbocycles. The fourth-order valence-electron chi connectivity index (χ4n) is 3.37. The van der Waals surface area contributed by atoms with Crippen LogP contribution in [0.5, 0.6) is 23.0 Å². The first kappa shape index (κ1) is 27.5. The van der Waals surface area contributed by atoms with Crippen molar-refractivity contribution >= 4 is 39.0 Å². The van der Waals surface area contributed by atoms with Crippen LogP contribution in [-0.4, -0.2) is 25.2 Å². The molecule has 0 aliphatic heterocycles. The van der Waals surface area contributed by atoms with E-state index in [-0.39, 0.29) is 46.6 Å². The maximum Gasteiger partial charge on any atom is 1.00 e. The molecule has 0 bridgehead atoms. The van der Waals surface area contributed by atoms with E-state index in [1.165, 1.54) is 68.3 Å². The quantitative estimate of drug-likeness (QED) is 0.274. The Morgan fingerprint density at radius 1 is 1.00 bits per heavy atom. The number of aromatic nitrogens is 1. The van der Waals surface area contributed by atoms with Crippen molar-refractivity contribution in [3.63, 3.8) is 0 Å². The Balaban J connectivity index is 0.00000361. The molecule has 0 amide bonds. The van der Waals surface area contributed by atoms with E-state index < -0.39 is 17.7 Å². The number of hydrogen-bond donors (Lipinski definition) is 0. The second-order valence-corrected chi connectivity index (χ2v) is 8.29. The fourth-order valence-corrected chi connectivity index (χ4v) is 4.46. The predicted octanol–water partition coefficient (Wildman–Crippen LogP) is 2.42. The average molecular weight is 523 g/mol. The second kappa shape index (κ2) is 11.3. The van der Waals surface area contributed by atoms with Crippen molar-refractivity contribution in [3.05, 3.63) is 76.9 Å². The zero-order valence-electron chi connectivity index (χ0n) is 19.4. The number of carboxylic acid groups (broad SMARTS) is 1. The van der Waals surface area contributed by atoms with Crippen LogP contribution in [0.3, 0.4) is 0 Å². The number of carbonyl (C=O) groups excluding carboxylic acids is 1. The topological polar surface area (TPSA) is 80.7 Å². The van der Waals surface area contributed by atoms with Crippen molar-refractivity contribution in [2.45, 2.75) is 6.18 Å². The van der Waals surface area contributed by atoms with Gasteiger partial charge < -0.3 is 24.1 Å². The molecule has 180 valence electrons. The van der Waals surface area contributed by atoms with Gasteiger partial charge in [0.15, 0.2) is 17.2 Å². The minimum Gasteiger partial charge on any atom is -0.545 e. The van der Waals surface area contributed by atoms with Gasteiger partial charge in [-0.05, 0) is 54.1 Å². The third kappa shape index (κ3) is 5.84. The number of thiophene rings is 1. The summed E-state index contributed by atoms with van der Waals surface area (Å²) in [5.41, 5.74) is -0.563. The predicted molar refractivity (Wildman–Crippen MR) is 124 cm³/mol. The molecule has 4 aromatic rings. The van der Waals surface area contributed by atoms with E-state index in [0.29, 0.717) is 32.0 Å². The Bertz CT molecular complexity index is 1400. The summed E-state index contributed by atoms with van der Waals surface area (Å²) in [5.74, 6) is -0.171. The van der Waals surface area contributed by atoms with E-state index in [1.54, 1.807) is 12.1 Å². The Hall–Kier alpha value is -3.05. The number of halogens is 3. The molecule has 0 unspecified atom stereocenters. The smallest absolute Gasteiger partial charge is 0.545 e. The van der Waals surface area contributed by atoms with Crippen LogP contribution in [-0.2, 0) is 11.0 Å². The maximum absolute atomic E-state index is 13.0. The molecule has 6 nitrogen and oxygen atoms in total. The van der Waals surface area contributed by atoms with Crippen molar-refractivity contribution < 1.29 is 66.8 Å². The normalized spacial score (nSPS) is 11.6. The number of ether oxygens (including phenoxy) is 3. The number of carboxylic acids is 1. The average Bonchev–Trinajstić information content (AvgIpc) is 3.17. The Kier molecular flexibility index (Phi) is 8.67. The molecule has 11 heteroatoms. The van der Waals surface area contributed by atoms with Gasteiger partial charge in [-0.25, -0.2) is 0 Å². The summed E-state index contributed by atoms with van der Waals surface area (Å²) in [6.45, 7) is 0. The zero-order chi connectivity index (χ0) is 25.2. The molecule has 2 heterocycles. The number of benzene rings is 2. The molecule has 0 spiro atoms. The van der Waals surface area contributed by atoms with Gasteiger partial charge in [0, 0.05) is 34.1 Å². The van der Waals surface area contributed by atoms with Gasteiger partial charge >= 0.3 is 35.7 Å². The van der Waals surface area contributed by atoms with E-state index in [9.17, 15) is 23.1 Å². The van der Waals surface area contributed by atoms with Crippen LogP contribution in [0, 0.1) is 0 Å². The van der Waals surface area contributed by atoms with Crippen LogP contribution >= 0.6 is 11.3 Å². The molecular formula is C25H17F3NNaO5S. The molecule has 0 radical (unpaired) electrons. The molecule has 2 aromatic heterocycles. The Morgan fingerprint density at radius 3 is 2.17 bits per heavy atom. The molecule has 36 heavy (non-hydrogen) atoms.